The molecule has 0 aromatic carbocycles. The molecule has 0 fully saturated rings. The Morgan fingerprint density at radius 2 is 1.76 bits per heavy atom. The zero-order chi connectivity index (χ0) is 13.0. The van der Waals surface area contributed by atoms with Gasteiger partial charge in [0.1, 0.15) is 5.82 Å². The molecule has 1 heterocycles. The van der Waals surface area contributed by atoms with Gasteiger partial charge in [-0.3, -0.25) is 0 Å². The summed E-state index contributed by atoms with van der Waals surface area (Å²) in [5, 5.41) is 2.95. The van der Waals surface area contributed by atoms with Gasteiger partial charge in [-0.15, -0.1) is 0 Å². The van der Waals surface area contributed by atoms with Gasteiger partial charge < -0.3 is 5.32 Å². The van der Waals surface area contributed by atoms with Crippen LogP contribution in [0.5, 0.6) is 0 Å². The Hall–Kier alpha value is -1.19. The van der Waals surface area contributed by atoms with E-state index in [1.807, 2.05) is 0 Å². The number of hydrogen-bond acceptors (Lipinski definition) is 2. The largest absolute Gasteiger partial charge is 0.367 e. The molecule has 0 aliphatic heterocycles. The summed E-state index contributed by atoms with van der Waals surface area (Å²) in [6.45, 7) is 9.20. The van der Waals surface area contributed by atoms with E-state index in [2.05, 4.69) is 38.0 Å². The van der Waals surface area contributed by atoms with Gasteiger partial charge in [-0.1, -0.05) is 27.7 Å². The van der Waals surface area contributed by atoms with Gasteiger partial charge in [0.05, 0.1) is 6.20 Å². The minimum atomic E-state index is -0.655. The number of nitrogens with zero attached hydrogens (tertiary/aromatic N) is 1. The van der Waals surface area contributed by atoms with Crippen LogP contribution in [0.3, 0.4) is 0 Å². The Morgan fingerprint density at radius 1 is 1.18 bits per heavy atom. The highest BCUT2D eigenvalue weighted by Crippen LogP contribution is 2.21. The summed E-state index contributed by atoms with van der Waals surface area (Å²) in [4.78, 5) is 3.71. The number of nitrogens with one attached hydrogen (secondary N) is 1. The van der Waals surface area contributed by atoms with Crippen molar-refractivity contribution in [1.82, 2.24) is 4.98 Å². The van der Waals surface area contributed by atoms with Gasteiger partial charge in [0, 0.05) is 12.6 Å². The molecule has 0 amide bonds. The highest BCUT2D eigenvalue weighted by molar-refractivity contribution is 5.35. The van der Waals surface area contributed by atoms with Crippen LogP contribution in [-0.4, -0.2) is 11.5 Å². The lowest BCUT2D eigenvalue weighted by atomic mass is 9.85. The van der Waals surface area contributed by atoms with E-state index in [-0.39, 0.29) is 5.82 Å². The molecule has 0 saturated heterocycles. The molecule has 1 aromatic heterocycles. The van der Waals surface area contributed by atoms with Crippen molar-refractivity contribution < 1.29 is 8.78 Å². The Kier molecular flexibility index (Phi) is 4.85. The predicted octanol–water partition coefficient (Wildman–Crippen LogP) is 3.70. The lowest BCUT2D eigenvalue weighted by molar-refractivity contribution is 0.304. The van der Waals surface area contributed by atoms with Crippen molar-refractivity contribution in [3.8, 4) is 0 Å². The van der Waals surface area contributed by atoms with Crippen molar-refractivity contribution in [2.45, 2.75) is 27.7 Å². The van der Waals surface area contributed by atoms with Crippen molar-refractivity contribution in [2.75, 3.05) is 11.9 Å². The van der Waals surface area contributed by atoms with E-state index in [1.165, 1.54) is 0 Å². The number of aromatic nitrogens is 1. The Balaban J connectivity index is 2.65. The molecular formula is C13H20F2N2. The molecular weight excluding hydrogens is 222 g/mol. The van der Waals surface area contributed by atoms with E-state index < -0.39 is 11.6 Å². The molecule has 0 atom stereocenters. The standard InChI is InChI=1S/C13H20F2N2/c1-8(2)11(9(3)4)7-17-13-12(15)5-10(14)6-16-13/h5-6,8-9,11H,7H2,1-4H3,(H,16,17). The predicted molar refractivity (Wildman–Crippen MR) is 65.8 cm³/mol. The normalized spacial score (nSPS) is 11.6. The molecule has 4 heteroatoms. The van der Waals surface area contributed by atoms with Crippen LogP contribution >= 0.6 is 0 Å². The van der Waals surface area contributed by atoms with Gasteiger partial charge in [-0.2, -0.15) is 0 Å². The summed E-state index contributed by atoms with van der Waals surface area (Å²) in [6, 6.07) is 0.842. The van der Waals surface area contributed by atoms with Gasteiger partial charge in [0.2, 0.25) is 0 Å². The minimum absolute atomic E-state index is 0.123. The maximum absolute atomic E-state index is 13.3. The van der Waals surface area contributed by atoms with Crippen LogP contribution in [-0.2, 0) is 0 Å². The van der Waals surface area contributed by atoms with Crippen LogP contribution in [0, 0.1) is 29.4 Å². The fraction of sp³-hybridized carbons (Fsp3) is 0.615. The minimum Gasteiger partial charge on any atom is -0.367 e. The Morgan fingerprint density at radius 3 is 2.24 bits per heavy atom. The summed E-state index contributed by atoms with van der Waals surface area (Å²) in [5.41, 5.74) is 0. The summed E-state index contributed by atoms with van der Waals surface area (Å²) in [5.74, 6) is 0.268. The average molecular weight is 242 g/mol. The van der Waals surface area contributed by atoms with Crippen molar-refractivity contribution in [3.63, 3.8) is 0 Å². The fourth-order valence-electron chi connectivity index (χ4n) is 2.00. The lowest BCUT2D eigenvalue weighted by Crippen LogP contribution is -2.25. The number of anilines is 1. The zero-order valence-electron chi connectivity index (χ0n) is 10.8. The molecule has 0 aliphatic carbocycles. The van der Waals surface area contributed by atoms with Crippen LogP contribution < -0.4 is 5.32 Å². The monoisotopic (exact) mass is 242 g/mol. The first-order chi connectivity index (χ1) is 7.91. The topological polar surface area (TPSA) is 24.9 Å². The molecule has 0 bridgehead atoms. The number of rotatable bonds is 5. The summed E-state index contributed by atoms with van der Waals surface area (Å²) < 4.78 is 26.0. The molecule has 0 radical (unpaired) electrons. The van der Waals surface area contributed by atoms with E-state index in [9.17, 15) is 8.78 Å². The smallest absolute Gasteiger partial charge is 0.168 e. The van der Waals surface area contributed by atoms with Crippen molar-refractivity contribution in [2.24, 2.45) is 17.8 Å². The zero-order valence-corrected chi connectivity index (χ0v) is 10.8. The third-order valence-electron chi connectivity index (χ3n) is 3.03. The van der Waals surface area contributed by atoms with Crippen molar-refractivity contribution in [3.05, 3.63) is 23.9 Å². The second kappa shape index (κ2) is 5.94. The van der Waals surface area contributed by atoms with E-state index in [1.54, 1.807) is 0 Å². The summed E-state index contributed by atoms with van der Waals surface area (Å²) in [7, 11) is 0. The van der Waals surface area contributed by atoms with Crippen molar-refractivity contribution >= 4 is 5.82 Å². The van der Waals surface area contributed by atoms with Crippen LogP contribution in [0.1, 0.15) is 27.7 Å². The first-order valence-electron chi connectivity index (χ1n) is 5.96. The summed E-state index contributed by atoms with van der Waals surface area (Å²) >= 11 is 0. The van der Waals surface area contributed by atoms with Crippen molar-refractivity contribution in [1.29, 1.82) is 0 Å². The summed E-state index contributed by atoms with van der Waals surface area (Å²) in [6.07, 6.45) is 1.02. The van der Waals surface area contributed by atoms with Crippen LogP contribution in [0.2, 0.25) is 0 Å². The quantitative estimate of drug-likeness (QED) is 0.851. The van der Waals surface area contributed by atoms with Gasteiger partial charge in [-0.25, -0.2) is 13.8 Å². The molecule has 1 N–H and O–H groups in total. The fourth-order valence-corrected chi connectivity index (χ4v) is 2.00. The van der Waals surface area contributed by atoms with E-state index in [0.29, 0.717) is 24.3 Å². The second-order valence-electron chi connectivity index (χ2n) is 5.02. The van der Waals surface area contributed by atoms with Gasteiger partial charge in [0.15, 0.2) is 11.6 Å². The Bertz CT molecular complexity index is 356. The molecule has 1 aromatic rings. The SMILES string of the molecule is CC(C)C(CNc1ncc(F)cc1F)C(C)C. The van der Waals surface area contributed by atoms with Crippen LogP contribution in [0.25, 0.3) is 0 Å². The molecule has 0 saturated carbocycles. The van der Waals surface area contributed by atoms with Gasteiger partial charge in [0.25, 0.3) is 0 Å². The molecule has 2 nitrogen and oxygen atoms in total. The highest BCUT2D eigenvalue weighted by Gasteiger charge is 2.18. The maximum Gasteiger partial charge on any atom is 0.168 e. The number of hydrogen-bond donors (Lipinski definition) is 1. The molecule has 96 valence electrons. The molecule has 0 spiro atoms. The molecule has 0 unspecified atom stereocenters. The molecule has 17 heavy (non-hydrogen) atoms. The number of pyridine rings is 1. The van der Waals surface area contributed by atoms with Gasteiger partial charge in [-0.05, 0) is 17.8 Å². The van der Waals surface area contributed by atoms with Gasteiger partial charge >= 0.3 is 0 Å². The average Bonchev–Trinajstić information content (AvgIpc) is 2.20. The van der Waals surface area contributed by atoms with E-state index in [4.69, 9.17) is 0 Å². The van der Waals surface area contributed by atoms with E-state index >= 15 is 0 Å². The third-order valence-corrected chi connectivity index (χ3v) is 3.03. The number of halogens is 2. The van der Waals surface area contributed by atoms with E-state index in [0.717, 1.165) is 12.3 Å². The second-order valence-corrected chi connectivity index (χ2v) is 5.02. The van der Waals surface area contributed by atoms with Crippen LogP contribution in [0.15, 0.2) is 12.3 Å². The molecule has 1 rings (SSSR count). The first-order valence-corrected chi connectivity index (χ1v) is 5.96. The van der Waals surface area contributed by atoms with Crippen LogP contribution in [0.4, 0.5) is 14.6 Å². The first kappa shape index (κ1) is 13.9. The maximum atomic E-state index is 13.3. The highest BCUT2D eigenvalue weighted by atomic mass is 19.1. The molecule has 0 aliphatic rings. The third kappa shape index (κ3) is 3.95. The lowest BCUT2D eigenvalue weighted by Gasteiger charge is -2.25. The Labute approximate surface area is 101 Å².